The third kappa shape index (κ3) is 1.23. The van der Waals surface area contributed by atoms with E-state index in [1.165, 1.54) is 25.7 Å². The van der Waals surface area contributed by atoms with Crippen molar-refractivity contribution in [2.75, 3.05) is 0 Å². The molecule has 0 aromatic rings. The normalized spacial score (nSPS) is 31.8. The number of rotatable bonds is 0. The molecule has 2 aliphatic carbocycles. The smallest absolute Gasteiger partial charge is 0.0192 e. The third-order valence-electron chi connectivity index (χ3n) is 3.18. The minimum atomic E-state index is 0.506. The van der Waals surface area contributed by atoms with E-state index in [0.29, 0.717) is 10.8 Å². The Morgan fingerprint density at radius 3 is 2.09 bits per heavy atom. The first kappa shape index (κ1) is 7.39. The predicted molar refractivity (Wildman–Crippen MR) is 48.1 cm³/mol. The first-order chi connectivity index (χ1) is 5.12. The van der Waals surface area contributed by atoms with E-state index in [4.69, 9.17) is 0 Å². The largest absolute Gasteiger partial charge is 0.0879 e. The molecule has 1 fully saturated rings. The van der Waals surface area contributed by atoms with Crippen LogP contribution in [0.2, 0.25) is 0 Å². The fraction of sp³-hybridized carbons (Fsp3) is 0.727. The maximum atomic E-state index is 2.60. The monoisotopic (exact) mass is 149 g/mol. The summed E-state index contributed by atoms with van der Waals surface area (Å²) in [6.07, 6.45) is 12.7. The summed E-state index contributed by atoms with van der Waals surface area (Å²) in [6.45, 7) is 4.72. The maximum Gasteiger partial charge on any atom is -0.0192 e. The Hall–Kier alpha value is -0.260. The molecule has 1 spiro atoms. The number of allylic oxidation sites excluding steroid dienone is 2. The van der Waals surface area contributed by atoms with Crippen LogP contribution in [-0.2, 0) is 0 Å². The van der Waals surface area contributed by atoms with Crippen molar-refractivity contribution in [1.82, 2.24) is 0 Å². The summed E-state index contributed by atoms with van der Waals surface area (Å²) in [5, 5.41) is 0. The van der Waals surface area contributed by atoms with Gasteiger partial charge in [-0.2, -0.15) is 0 Å². The zero-order valence-electron chi connectivity index (χ0n) is 7.56. The van der Waals surface area contributed by atoms with Crippen LogP contribution in [0.5, 0.6) is 0 Å². The molecule has 0 heteroatoms. The van der Waals surface area contributed by atoms with Crippen LogP contribution in [-0.4, -0.2) is 0 Å². The van der Waals surface area contributed by atoms with Crippen molar-refractivity contribution in [2.45, 2.75) is 39.5 Å². The Morgan fingerprint density at radius 2 is 1.64 bits per heavy atom. The van der Waals surface area contributed by atoms with Gasteiger partial charge in [-0.15, -0.1) is 0 Å². The van der Waals surface area contributed by atoms with E-state index in [1.54, 1.807) is 0 Å². The van der Waals surface area contributed by atoms with Crippen molar-refractivity contribution in [3.63, 3.8) is 0 Å². The average molecular weight is 149 g/mol. The van der Waals surface area contributed by atoms with E-state index in [2.05, 4.69) is 32.4 Å². The van der Waals surface area contributed by atoms with Gasteiger partial charge in [0, 0.05) is 0 Å². The zero-order chi connectivity index (χ0) is 7.95. The van der Waals surface area contributed by atoms with Crippen LogP contribution in [0.3, 0.4) is 0 Å². The lowest BCUT2D eigenvalue weighted by atomic mass is 9.80. The molecule has 61 valence electrons. The van der Waals surface area contributed by atoms with Crippen molar-refractivity contribution in [1.29, 1.82) is 0 Å². The van der Waals surface area contributed by atoms with Gasteiger partial charge in [0.15, 0.2) is 0 Å². The molecule has 2 aliphatic rings. The van der Waals surface area contributed by atoms with Crippen LogP contribution in [0.25, 0.3) is 0 Å². The second kappa shape index (κ2) is 2.12. The van der Waals surface area contributed by atoms with Crippen molar-refractivity contribution in [2.24, 2.45) is 10.8 Å². The first-order valence-electron chi connectivity index (χ1n) is 4.64. The standard InChI is InChI=1S/C11H17/c1-10(2)7-8-11(9-10)5-3-4-6-11/h3-4,9H,5-8H2,1-2H3. The lowest BCUT2D eigenvalue weighted by Crippen LogP contribution is -2.15. The number of hydrogen-bond acceptors (Lipinski definition) is 0. The SMILES string of the molecule is CC1(C)[CH]C2(CC=CC2)CC1. The third-order valence-corrected chi connectivity index (χ3v) is 3.18. The molecule has 0 nitrogen and oxygen atoms in total. The van der Waals surface area contributed by atoms with Crippen LogP contribution in [0, 0.1) is 17.3 Å². The van der Waals surface area contributed by atoms with Gasteiger partial charge in [0.25, 0.3) is 0 Å². The summed E-state index contributed by atoms with van der Waals surface area (Å²) in [4.78, 5) is 0. The van der Waals surface area contributed by atoms with Crippen molar-refractivity contribution in [3.8, 4) is 0 Å². The molecular formula is C11H17. The highest BCUT2D eigenvalue weighted by Gasteiger charge is 2.43. The molecule has 0 unspecified atom stereocenters. The van der Waals surface area contributed by atoms with Gasteiger partial charge in [-0.3, -0.25) is 0 Å². The number of hydrogen-bond donors (Lipinski definition) is 0. The molecule has 0 heterocycles. The van der Waals surface area contributed by atoms with E-state index in [9.17, 15) is 0 Å². The van der Waals surface area contributed by atoms with E-state index in [1.807, 2.05) is 0 Å². The summed E-state index contributed by atoms with van der Waals surface area (Å²) >= 11 is 0. The maximum absolute atomic E-state index is 2.60. The van der Waals surface area contributed by atoms with Crippen molar-refractivity contribution >= 4 is 0 Å². The molecular weight excluding hydrogens is 132 g/mol. The van der Waals surface area contributed by atoms with E-state index in [0.717, 1.165) is 0 Å². The highest BCUT2D eigenvalue weighted by molar-refractivity contribution is 5.16. The highest BCUT2D eigenvalue weighted by atomic mass is 14.5. The van der Waals surface area contributed by atoms with Gasteiger partial charge in [0.1, 0.15) is 0 Å². The van der Waals surface area contributed by atoms with Gasteiger partial charge >= 0.3 is 0 Å². The van der Waals surface area contributed by atoms with Gasteiger partial charge in [0.2, 0.25) is 0 Å². The molecule has 2 rings (SSSR count). The molecule has 0 aromatic heterocycles. The molecule has 0 N–H and O–H groups in total. The summed E-state index contributed by atoms with van der Waals surface area (Å²) in [7, 11) is 0. The van der Waals surface area contributed by atoms with E-state index in [-0.39, 0.29) is 0 Å². The van der Waals surface area contributed by atoms with E-state index < -0.39 is 0 Å². The highest BCUT2D eigenvalue weighted by Crippen LogP contribution is 2.54. The molecule has 0 atom stereocenters. The fourth-order valence-corrected chi connectivity index (χ4v) is 2.59. The summed E-state index contributed by atoms with van der Waals surface area (Å²) in [6, 6.07) is 0. The summed E-state index contributed by atoms with van der Waals surface area (Å²) < 4.78 is 0. The molecule has 11 heavy (non-hydrogen) atoms. The molecule has 0 bridgehead atoms. The predicted octanol–water partition coefficient (Wildman–Crippen LogP) is 3.35. The van der Waals surface area contributed by atoms with Crippen LogP contribution in [0.1, 0.15) is 39.5 Å². The van der Waals surface area contributed by atoms with Gasteiger partial charge in [-0.1, -0.05) is 26.0 Å². The molecule has 1 saturated carbocycles. The summed E-state index contributed by atoms with van der Waals surface area (Å²) in [5.41, 5.74) is 1.09. The second-order valence-corrected chi connectivity index (χ2v) is 4.87. The van der Waals surface area contributed by atoms with Crippen LogP contribution < -0.4 is 0 Å². The van der Waals surface area contributed by atoms with Crippen LogP contribution in [0.15, 0.2) is 12.2 Å². The molecule has 0 saturated heterocycles. The Kier molecular flexibility index (Phi) is 1.42. The quantitative estimate of drug-likeness (QED) is 0.463. The Morgan fingerprint density at radius 1 is 1.00 bits per heavy atom. The van der Waals surface area contributed by atoms with Gasteiger partial charge in [-0.25, -0.2) is 0 Å². The molecule has 0 aromatic carbocycles. The van der Waals surface area contributed by atoms with Gasteiger partial charge in [0.05, 0.1) is 0 Å². The van der Waals surface area contributed by atoms with Crippen LogP contribution in [0.4, 0.5) is 0 Å². The molecule has 0 aliphatic heterocycles. The van der Waals surface area contributed by atoms with E-state index >= 15 is 0 Å². The molecule has 1 radical (unpaired) electrons. The fourth-order valence-electron chi connectivity index (χ4n) is 2.59. The Labute approximate surface area is 69.7 Å². The topological polar surface area (TPSA) is 0 Å². The second-order valence-electron chi connectivity index (χ2n) is 4.87. The average Bonchev–Trinajstić information content (AvgIpc) is 2.43. The molecule has 0 amide bonds. The summed E-state index contributed by atoms with van der Waals surface area (Å²) in [5.74, 6) is 0. The van der Waals surface area contributed by atoms with Crippen LogP contribution >= 0.6 is 0 Å². The first-order valence-corrected chi connectivity index (χ1v) is 4.64. The van der Waals surface area contributed by atoms with Gasteiger partial charge < -0.3 is 0 Å². The van der Waals surface area contributed by atoms with Crippen molar-refractivity contribution < 1.29 is 0 Å². The lowest BCUT2D eigenvalue weighted by Gasteiger charge is -2.24. The Bertz CT molecular complexity index is 178. The lowest BCUT2D eigenvalue weighted by molar-refractivity contribution is 0.381. The van der Waals surface area contributed by atoms with Gasteiger partial charge in [-0.05, 0) is 42.9 Å². The van der Waals surface area contributed by atoms with Crippen molar-refractivity contribution in [3.05, 3.63) is 18.6 Å². The Balaban J connectivity index is 2.09. The minimum Gasteiger partial charge on any atom is -0.0879 e. The zero-order valence-corrected chi connectivity index (χ0v) is 7.56. The minimum absolute atomic E-state index is 0.506.